The number of fused-ring (bicyclic) bond motifs is 1. The van der Waals surface area contributed by atoms with E-state index in [4.69, 9.17) is 23.2 Å². The van der Waals surface area contributed by atoms with Crippen molar-refractivity contribution in [1.82, 2.24) is 4.57 Å². The van der Waals surface area contributed by atoms with Crippen LogP contribution in [-0.4, -0.2) is 4.57 Å². The number of nitrogens with zero attached hydrogens (tertiary/aromatic N) is 2. The smallest absolute Gasteiger partial charge is 0.286 e. The largest absolute Gasteiger partial charge is 1.00 e. The summed E-state index contributed by atoms with van der Waals surface area (Å²) in [6.45, 7) is 0.748. The minimum absolute atomic E-state index is 0. The Morgan fingerprint density at radius 1 is 1.05 bits per heavy atom. The van der Waals surface area contributed by atoms with Gasteiger partial charge in [-0.1, -0.05) is 41.4 Å². The van der Waals surface area contributed by atoms with Crippen molar-refractivity contribution in [3.63, 3.8) is 0 Å². The number of pyridine rings is 1. The summed E-state index contributed by atoms with van der Waals surface area (Å²) in [6, 6.07) is 11.8. The van der Waals surface area contributed by atoms with Gasteiger partial charge in [0.25, 0.3) is 5.65 Å². The van der Waals surface area contributed by atoms with Crippen LogP contribution in [0.4, 0.5) is 0 Å². The van der Waals surface area contributed by atoms with Crippen molar-refractivity contribution < 1.29 is 16.8 Å². The van der Waals surface area contributed by atoms with Gasteiger partial charge in [0.1, 0.15) is 25.1 Å². The van der Waals surface area contributed by atoms with Gasteiger partial charge in [-0.3, -0.25) is 0 Å². The molecular formula is C14H11Cl3N2. The Bertz CT molecular complexity index is 707. The van der Waals surface area contributed by atoms with Crippen LogP contribution in [0.2, 0.25) is 10.0 Å². The van der Waals surface area contributed by atoms with Crippen molar-refractivity contribution in [1.29, 1.82) is 0 Å². The number of hydrogen-bond acceptors (Lipinski definition) is 0. The molecule has 0 saturated carbocycles. The molecule has 0 aliphatic heterocycles. The lowest BCUT2D eigenvalue weighted by atomic mass is 10.2. The first kappa shape index (κ1) is 14.2. The molecule has 2 aromatic heterocycles. The number of halogens is 3. The van der Waals surface area contributed by atoms with Gasteiger partial charge < -0.3 is 12.4 Å². The summed E-state index contributed by atoms with van der Waals surface area (Å²) in [6.07, 6.45) is 5.90. The van der Waals surface area contributed by atoms with Gasteiger partial charge in [0.15, 0.2) is 0 Å². The van der Waals surface area contributed by atoms with Crippen LogP contribution in [0.5, 0.6) is 0 Å². The zero-order chi connectivity index (χ0) is 12.5. The average molecular weight is 314 g/mol. The molecule has 0 aliphatic rings. The Labute approximate surface area is 127 Å². The highest BCUT2D eigenvalue weighted by atomic mass is 35.5. The Morgan fingerprint density at radius 2 is 1.84 bits per heavy atom. The highest BCUT2D eigenvalue weighted by molar-refractivity contribution is 6.31. The van der Waals surface area contributed by atoms with E-state index in [9.17, 15) is 0 Å². The van der Waals surface area contributed by atoms with E-state index in [1.54, 1.807) is 0 Å². The minimum Gasteiger partial charge on any atom is -1.00 e. The van der Waals surface area contributed by atoms with Crippen LogP contribution < -0.4 is 16.8 Å². The van der Waals surface area contributed by atoms with Crippen molar-refractivity contribution >= 4 is 28.8 Å². The molecule has 0 saturated heterocycles. The third kappa shape index (κ3) is 2.86. The molecule has 0 unspecified atom stereocenters. The van der Waals surface area contributed by atoms with Crippen LogP contribution in [0.1, 0.15) is 5.56 Å². The molecule has 2 heterocycles. The zero-order valence-corrected chi connectivity index (χ0v) is 12.2. The quantitative estimate of drug-likeness (QED) is 0.612. The molecule has 0 radical (unpaired) electrons. The molecule has 0 bridgehead atoms. The summed E-state index contributed by atoms with van der Waals surface area (Å²) in [5, 5.41) is 1.52. The first-order chi connectivity index (χ1) is 8.74. The van der Waals surface area contributed by atoms with E-state index in [-0.39, 0.29) is 12.4 Å². The molecule has 0 aliphatic carbocycles. The predicted molar refractivity (Wildman–Crippen MR) is 73.2 cm³/mol. The lowest BCUT2D eigenvalue weighted by Gasteiger charge is -2.01. The summed E-state index contributed by atoms with van der Waals surface area (Å²) in [7, 11) is 0. The molecule has 0 spiro atoms. The monoisotopic (exact) mass is 312 g/mol. The normalized spacial score (nSPS) is 10.4. The van der Waals surface area contributed by atoms with E-state index in [0.29, 0.717) is 0 Å². The lowest BCUT2D eigenvalue weighted by molar-refractivity contribution is -0.510. The first-order valence-corrected chi connectivity index (χ1v) is 6.39. The maximum Gasteiger partial charge on any atom is 0.286 e. The van der Waals surface area contributed by atoms with Gasteiger partial charge in [-0.2, -0.15) is 0 Å². The standard InChI is InChI=1S/C14H11Cl2N2.ClH/c15-12-5-6-14-17(7-8-18(14)10-12)9-11-3-1-2-4-13(11)16;/h1-8,10H,9H2;1H/q+1;/p-1. The van der Waals surface area contributed by atoms with E-state index in [0.717, 1.165) is 27.8 Å². The fraction of sp³-hybridized carbons (Fsp3) is 0.0714. The fourth-order valence-electron chi connectivity index (χ4n) is 2.02. The number of rotatable bonds is 2. The van der Waals surface area contributed by atoms with Crippen LogP contribution >= 0.6 is 23.2 Å². The summed E-state index contributed by atoms with van der Waals surface area (Å²) in [4.78, 5) is 0. The maximum atomic E-state index is 6.18. The van der Waals surface area contributed by atoms with Gasteiger partial charge in [0.05, 0.1) is 5.02 Å². The van der Waals surface area contributed by atoms with Crippen LogP contribution in [0.25, 0.3) is 5.65 Å². The van der Waals surface area contributed by atoms with Crippen molar-refractivity contribution in [2.45, 2.75) is 6.54 Å². The van der Waals surface area contributed by atoms with Crippen molar-refractivity contribution in [2.24, 2.45) is 0 Å². The Balaban J connectivity index is 0.00000133. The lowest BCUT2D eigenvalue weighted by Crippen LogP contribution is -3.00. The molecule has 19 heavy (non-hydrogen) atoms. The third-order valence-corrected chi connectivity index (χ3v) is 3.51. The average Bonchev–Trinajstić information content (AvgIpc) is 2.74. The highest BCUT2D eigenvalue weighted by Crippen LogP contribution is 2.17. The second-order valence-electron chi connectivity index (χ2n) is 4.13. The second-order valence-corrected chi connectivity index (χ2v) is 4.97. The molecule has 0 amide bonds. The maximum absolute atomic E-state index is 6.18. The summed E-state index contributed by atoms with van der Waals surface area (Å²) >= 11 is 12.1. The SMILES string of the molecule is Clc1ccc2n(Cc3ccccc3Cl)cc[n+]2c1.[Cl-]. The number of imidazole rings is 1. The summed E-state index contributed by atoms with van der Waals surface area (Å²) < 4.78 is 4.14. The van der Waals surface area contributed by atoms with Gasteiger partial charge in [-0.05, 0) is 12.1 Å². The van der Waals surface area contributed by atoms with E-state index >= 15 is 0 Å². The topological polar surface area (TPSA) is 9.03 Å². The number of hydrogen-bond donors (Lipinski definition) is 0. The predicted octanol–water partition coefficient (Wildman–Crippen LogP) is 0.586. The van der Waals surface area contributed by atoms with Crippen LogP contribution in [-0.2, 0) is 6.54 Å². The highest BCUT2D eigenvalue weighted by Gasteiger charge is 2.11. The van der Waals surface area contributed by atoms with Crippen LogP contribution in [0.3, 0.4) is 0 Å². The van der Waals surface area contributed by atoms with Crippen LogP contribution in [0, 0.1) is 0 Å². The van der Waals surface area contributed by atoms with Crippen molar-refractivity contribution in [2.75, 3.05) is 0 Å². The molecule has 1 aromatic carbocycles. The minimum atomic E-state index is 0. The van der Waals surface area contributed by atoms with E-state index in [2.05, 4.69) is 4.57 Å². The molecule has 3 rings (SSSR count). The number of benzene rings is 1. The molecule has 5 heteroatoms. The Kier molecular flexibility index (Phi) is 4.35. The number of aromatic nitrogens is 2. The molecule has 0 fully saturated rings. The van der Waals surface area contributed by atoms with Crippen LogP contribution in [0.15, 0.2) is 55.0 Å². The van der Waals surface area contributed by atoms with Gasteiger partial charge in [0.2, 0.25) is 0 Å². The molecule has 0 N–H and O–H groups in total. The molecule has 0 atom stereocenters. The molecular weight excluding hydrogens is 303 g/mol. The molecule has 98 valence electrons. The zero-order valence-electron chi connectivity index (χ0n) is 9.93. The molecule has 3 aromatic rings. The third-order valence-electron chi connectivity index (χ3n) is 2.92. The van der Waals surface area contributed by atoms with Crippen molar-refractivity contribution in [3.05, 3.63) is 70.6 Å². The van der Waals surface area contributed by atoms with Gasteiger partial charge in [-0.15, -0.1) is 0 Å². The van der Waals surface area contributed by atoms with Gasteiger partial charge in [-0.25, -0.2) is 8.97 Å². The Morgan fingerprint density at radius 3 is 2.63 bits per heavy atom. The summed E-state index contributed by atoms with van der Waals surface area (Å²) in [5.41, 5.74) is 2.19. The van der Waals surface area contributed by atoms with Gasteiger partial charge in [0, 0.05) is 16.7 Å². The van der Waals surface area contributed by atoms with Gasteiger partial charge >= 0.3 is 0 Å². The summed E-state index contributed by atoms with van der Waals surface area (Å²) in [5.74, 6) is 0. The van der Waals surface area contributed by atoms with Crippen molar-refractivity contribution in [3.8, 4) is 0 Å². The van der Waals surface area contributed by atoms with E-state index < -0.39 is 0 Å². The Hall–Kier alpha value is -1.22. The fourth-order valence-corrected chi connectivity index (χ4v) is 2.38. The molecule has 2 nitrogen and oxygen atoms in total. The van der Waals surface area contributed by atoms with E-state index in [1.807, 2.05) is 59.4 Å². The first-order valence-electron chi connectivity index (χ1n) is 5.63. The van der Waals surface area contributed by atoms with E-state index in [1.165, 1.54) is 0 Å². The second kappa shape index (κ2) is 5.83.